The van der Waals surface area contributed by atoms with Crippen LogP contribution in [0.25, 0.3) is 0 Å². The lowest BCUT2D eigenvalue weighted by molar-refractivity contribution is -0.131. The smallest absolute Gasteiger partial charge is 0.223 e. The van der Waals surface area contributed by atoms with Crippen LogP contribution in [0.4, 0.5) is 10.1 Å². The molecule has 25 heavy (non-hydrogen) atoms. The van der Waals surface area contributed by atoms with Crippen molar-refractivity contribution in [2.24, 2.45) is 0 Å². The zero-order valence-electron chi connectivity index (χ0n) is 14.5. The molecule has 0 unspecified atom stereocenters. The number of carbonyl (C=O) groups is 1. The van der Waals surface area contributed by atoms with Gasteiger partial charge in [0.05, 0.1) is 6.61 Å². The van der Waals surface area contributed by atoms with Crippen molar-refractivity contribution in [2.75, 3.05) is 31.6 Å². The van der Waals surface area contributed by atoms with Gasteiger partial charge in [-0.15, -0.1) is 0 Å². The van der Waals surface area contributed by atoms with Crippen molar-refractivity contribution in [3.05, 3.63) is 59.9 Å². The third-order valence-electron chi connectivity index (χ3n) is 4.42. The summed E-state index contributed by atoms with van der Waals surface area (Å²) < 4.78 is 18.6. The van der Waals surface area contributed by atoms with E-state index >= 15 is 0 Å². The van der Waals surface area contributed by atoms with Crippen molar-refractivity contribution < 1.29 is 13.9 Å². The Bertz CT molecular complexity index is 735. The second-order valence-electron chi connectivity index (χ2n) is 6.27. The molecule has 1 aliphatic heterocycles. The van der Waals surface area contributed by atoms with Crippen molar-refractivity contribution in [1.82, 2.24) is 4.90 Å². The molecule has 0 radical (unpaired) electrons. The van der Waals surface area contributed by atoms with Gasteiger partial charge < -0.3 is 14.5 Å². The lowest BCUT2D eigenvalue weighted by atomic mass is 10.1. The Hall–Kier alpha value is -2.56. The molecule has 2 aromatic carbocycles. The number of halogens is 1. The first-order chi connectivity index (χ1) is 12.1. The largest absolute Gasteiger partial charge is 0.493 e. The number of ether oxygens (including phenoxy) is 1. The van der Waals surface area contributed by atoms with Crippen molar-refractivity contribution in [3.63, 3.8) is 0 Å². The fourth-order valence-electron chi connectivity index (χ4n) is 3.03. The molecule has 1 aliphatic rings. The van der Waals surface area contributed by atoms with Crippen LogP contribution in [-0.2, 0) is 11.3 Å². The molecule has 0 saturated carbocycles. The summed E-state index contributed by atoms with van der Waals surface area (Å²) in [5, 5.41) is 0. The van der Waals surface area contributed by atoms with E-state index in [1.807, 2.05) is 17.0 Å². The van der Waals surface area contributed by atoms with E-state index in [4.69, 9.17) is 4.74 Å². The molecule has 0 spiro atoms. The quantitative estimate of drug-likeness (QED) is 0.780. The Balaban J connectivity index is 1.50. The molecule has 0 atom stereocenters. The highest BCUT2D eigenvalue weighted by Crippen LogP contribution is 2.24. The lowest BCUT2D eigenvalue weighted by Crippen LogP contribution is -2.34. The maximum absolute atomic E-state index is 13.1. The predicted molar refractivity (Wildman–Crippen MR) is 96.3 cm³/mol. The minimum Gasteiger partial charge on any atom is -0.493 e. The zero-order chi connectivity index (χ0) is 17.6. The second kappa shape index (κ2) is 8.01. The number of benzene rings is 2. The molecule has 4 nitrogen and oxygen atoms in total. The van der Waals surface area contributed by atoms with E-state index in [1.165, 1.54) is 23.4 Å². The number of carbonyl (C=O) groups excluding carboxylic acids is 1. The molecular formula is C20H23FN2O2. The summed E-state index contributed by atoms with van der Waals surface area (Å²) in [6, 6.07) is 14.3. The predicted octanol–water partition coefficient (Wildman–Crippen LogP) is 3.46. The first kappa shape index (κ1) is 17.3. The number of nitrogens with zero attached hydrogens (tertiary/aromatic N) is 2. The van der Waals surface area contributed by atoms with Gasteiger partial charge in [-0.1, -0.05) is 24.3 Å². The summed E-state index contributed by atoms with van der Waals surface area (Å²) in [5.41, 5.74) is 2.36. The van der Waals surface area contributed by atoms with Gasteiger partial charge in [0.2, 0.25) is 5.91 Å². The summed E-state index contributed by atoms with van der Waals surface area (Å²) in [4.78, 5) is 16.6. The molecule has 0 N–H and O–H groups in total. The van der Waals surface area contributed by atoms with Gasteiger partial charge in [-0.25, -0.2) is 4.39 Å². The topological polar surface area (TPSA) is 32.8 Å². The molecular weight excluding hydrogens is 319 g/mol. The third kappa shape index (κ3) is 4.50. The molecule has 0 fully saturated rings. The maximum Gasteiger partial charge on any atom is 0.223 e. The minimum absolute atomic E-state index is 0.132. The standard InChI is InChI=1S/C20H23FN2O2/c1-22-11-12-23(15-16-6-2-3-9-19(16)22)20(24)10-5-13-25-18-8-4-7-17(21)14-18/h2-4,6-9,14H,5,10-13,15H2,1H3. The van der Waals surface area contributed by atoms with Crippen molar-refractivity contribution in [2.45, 2.75) is 19.4 Å². The summed E-state index contributed by atoms with van der Waals surface area (Å²) >= 11 is 0. The number of anilines is 1. The Labute approximate surface area is 147 Å². The fraction of sp³-hybridized carbons (Fsp3) is 0.350. The highest BCUT2D eigenvalue weighted by molar-refractivity contribution is 5.76. The van der Waals surface area contributed by atoms with Crippen LogP contribution in [0.3, 0.4) is 0 Å². The molecule has 3 rings (SSSR count). The van der Waals surface area contributed by atoms with E-state index in [-0.39, 0.29) is 11.7 Å². The molecule has 1 amide bonds. The number of para-hydroxylation sites is 1. The first-order valence-corrected chi connectivity index (χ1v) is 8.58. The number of rotatable bonds is 5. The average Bonchev–Trinajstić information content (AvgIpc) is 2.78. The van der Waals surface area contributed by atoms with Gasteiger partial charge in [-0.3, -0.25) is 4.79 Å². The molecule has 2 aromatic rings. The Morgan fingerprint density at radius 1 is 1.16 bits per heavy atom. The second-order valence-corrected chi connectivity index (χ2v) is 6.27. The van der Waals surface area contributed by atoms with Gasteiger partial charge in [0, 0.05) is 44.9 Å². The number of hydrogen-bond donors (Lipinski definition) is 0. The van der Waals surface area contributed by atoms with E-state index in [2.05, 4.69) is 24.1 Å². The Morgan fingerprint density at radius 3 is 2.84 bits per heavy atom. The summed E-state index contributed by atoms with van der Waals surface area (Å²) in [5.74, 6) is 0.312. The van der Waals surface area contributed by atoms with Gasteiger partial charge in [-0.05, 0) is 30.2 Å². The summed E-state index contributed by atoms with van der Waals surface area (Å²) in [6.07, 6.45) is 1.05. The van der Waals surface area contributed by atoms with Crippen LogP contribution in [0.5, 0.6) is 5.75 Å². The Morgan fingerprint density at radius 2 is 2.00 bits per heavy atom. The van der Waals surface area contributed by atoms with E-state index in [1.54, 1.807) is 12.1 Å². The van der Waals surface area contributed by atoms with Crippen molar-refractivity contribution >= 4 is 11.6 Å². The molecule has 5 heteroatoms. The Kier molecular flexibility index (Phi) is 5.53. The monoisotopic (exact) mass is 342 g/mol. The highest BCUT2D eigenvalue weighted by atomic mass is 19.1. The van der Waals surface area contributed by atoms with Crippen LogP contribution in [-0.4, -0.2) is 37.6 Å². The molecule has 0 aliphatic carbocycles. The maximum atomic E-state index is 13.1. The number of fused-ring (bicyclic) bond motifs is 1. The molecule has 1 heterocycles. The van der Waals surface area contributed by atoms with E-state index in [9.17, 15) is 9.18 Å². The first-order valence-electron chi connectivity index (χ1n) is 8.58. The number of likely N-dealkylation sites (N-methyl/N-ethyl adjacent to an activating group) is 1. The van der Waals surface area contributed by atoms with Crippen LogP contribution < -0.4 is 9.64 Å². The van der Waals surface area contributed by atoms with Crippen molar-refractivity contribution in [1.29, 1.82) is 0 Å². The molecule has 0 saturated heterocycles. The molecule has 0 bridgehead atoms. The van der Waals surface area contributed by atoms with Gasteiger partial charge in [0.15, 0.2) is 0 Å². The van der Waals surface area contributed by atoms with Crippen LogP contribution in [0.1, 0.15) is 18.4 Å². The van der Waals surface area contributed by atoms with E-state index in [0.717, 1.165) is 13.1 Å². The van der Waals surface area contributed by atoms with Gasteiger partial charge in [0.1, 0.15) is 11.6 Å². The molecule has 132 valence electrons. The van der Waals surface area contributed by atoms with Gasteiger partial charge in [-0.2, -0.15) is 0 Å². The fourth-order valence-corrected chi connectivity index (χ4v) is 3.03. The van der Waals surface area contributed by atoms with Crippen LogP contribution in [0.15, 0.2) is 48.5 Å². The average molecular weight is 342 g/mol. The molecule has 0 aromatic heterocycles. The van der Waals surface area contributed by atoms with Gasteiger partial charge in [0.25, 0.3) is 0 Å². The minimum atomic E-state index is -0.319. The van der Waals surface area contributed by atoms with Crippen LogP contribution in [0.2, 0.25) is 0 Å². The van der Waals surface area contributed by atoms with E-state index < -0.39 is 0 Å². The van der Waals surface area contributed by atoms with Crippen LogP contribution in [0, 0.1) is 5.82 Å². The SMILES string of the molecule is CN1CCN(C(=O)CCCOc2cccc(F)c2)Cc2ccccc21. The lowest BCUT2D eigenvalue weighted by Gasteiger charge is -2.21. The number of amides is 1. The normalized spacial score (nSPS) is 14.0. The summed E-state index contributed by atoms with van der Waals surface area (Å²) in [7, 11) is 2.06. The number of hydrogen-bond acceptors (Lipinski definition) is 3. The summed E-state index contributed by atoms with van der Waals surface area (Å²) in [6.45, 7) is 2.58. The van der Waals surface area contributed by atoms with Gasteiger partial charge >= 0.3 is 0 Å². The third-order valence-corrected chi connectivity index (χ3v) is 4.42. The van der Waals surface area contributed by atoms with Crippen molar-refractivity contribution in [3.8, 4) is 5.75 Å². The zero-order valence-corrected chi connectivity index (χ0v) is 14.5. The van der Waals surface area contributed by atoms with E-state index in [0.29, 0.717) is 31.7 Å². The van der Waals surface area contributed by atoms with Crippen LogP contribution >= 0.6 is 0 Å². The highest BCUT2D eigenvalue weighted by Gasteiger charge is 2.20.